The van der Waals surface area contributed by atoms with E-state index in [0.717, 1.165) is 26.1 Å². The molecule has 2 aliphatic rings. The van der Waals surface area contributed by atoms with Crippen molar-refractivity contribution < 1.29 is 4.79 Å². The number of amides is 1. The maximum absolute atomic E-state index is 12.1. The van der Waals surface area contributed by atoms with E-state index in [0.29, 0.717) is 5.92 Å². The Morgan fingerprint density at radius 3 is 2.76 bits per heavy atom. The Bertz CT molecular complexity index is 251. The van der Waals surface area contributed by atoms with Gasteiger partial charge in [0.25, 0.3) is 0 Å². The first-order chi connectivity index (χ1) is 7.71. The van der Waals surface area contributed by atoms with Gasteiger partial charge < -0.3 is 10.6 Å². The summed E-state index contributed by atoms with van der Waals surface area (Å²) in [6, 6.07) is 0. The summed E-state index contributed by atoms with van der Waals surface area (Å²) < 4.78 is 0. The summed E-state index contributed by atoms with van der Waals surface area (Å²) in [5.74, 6) is 3.48. The lowest BCUT2D eigenvalue weighted by Crippen LogP contribution is -2.42. The Labute approximate surface area is 114 Å². The van der Waals surface area contributed by atoms with Crippen LogP contribution >= 0.6 is 24.2 Å². The van der Waals surface area contributed by atoms with E-state index in [1.54, 1.807) is 0 Å². The molecule has 3 nitrogen and oxygen atoms in total. The molecule has 0 bridgehead atoms. The van der Waals surface area contributed by atoms with Crippen LogP contribution in [0.3, 0.4) is 0 Å². The van der Waals surface area contributed by atoms with E-state index in [1.165, 1.54) is 24.3 Å². The summed E-state index contributed by atoms with van der Waals surface area (Å²) in [7, 11) is 0. The zero-order valence-corrected chi connectivity index (χ0v) is 12.1. The number of rotatable bonds is 3. The summed E-state index contributed by atoms with van der Waals surface area (Å²) >= 11 is 2.03. The number of hydrogen-bond donors (Lipinski definition) is 2. The van der Waals surface area contributed by atoms with Crippen LogP contribution in [-0.4, -0.2) is 37.0 Å². The van der Waals surface area contributed by atoms with E-state index >= 15 is 0 Å². The third kappa shape index (κ3) is 4.04. The first-order valence-electron chi connectivity index (χ1n) is 6.27. The van der Waals surface area contributed by atoms with Crippen LogP contribution in [0.4, 0.5) is 0 Å². The molecule has 17 heavy (non-hydrogen) atoms. The van der Waals surface area contributed by atoms with Gasteiger partial charge in [-0.2, -0.15) is 11.8 Å². The highest BCUT2D eigenvalue weighted by molar-refractivity contribution is 7.99. The van der Waals surface area contributed by atoms with E-state index in [4.69, 9.17) is 0 Å². The molecule has 0 aromatic heterocycles. The Balaban J connectivity index is 0.00000144. The summed E-state index contributed by atoms with van der Waals surface area (Å²) in [6.07, 6.45) is 3.50. The molecule has 0 radical (unpaired) electrons. The number of thioether (sulfide) groups is 1. The fourth-order valence-corrected chi connectivity index (χ4v) is 3.62. The van der Waals surface area contributed by atoms with Crippen molar-refractivity contribution in [3.05, 3.63) is 0 Å². The molecule has 0 aromatic carbocycles. The van der Waals surface area contributed by atoms with Gasteiger partial charge in [0.2, 0.25) is 5.91 Å². The Kier molecular flexibility index (Phi) is 6.10. The van der Waals surface area contributed by atoms with Crippen molar-refractivity contribution in [3.63, 3.8) is 0 Å². The van der Waals surface area contributed by atoms with Crippen LogP contribution in [0.1, 0.15) is 26.2 Å². The highest BCUT2D eigenvalue weighted by atomic mass is 35.5. The first kappa shape index (κ1) is 15.1. The van der Waals surface area contributed by atoms with Gasteiger partial charge in [0.1, 0.15) is 0 Å². The molecule has 1 unspecified atom stereocenters. The van der Waals surface area contributed by atoms with Crippen molar-refractivity contribution in [1.82, 2.24) is 10.6 Å². The van der Waals surface area contributed by atoms with Crippen LogP contribution in [0, 0.1) is 11.3 Å². The van der Waals surface area contributed by atoms with Crippen LogP contribution in [0.5, 0.6) is 0 Å². The molecule has 2 heterocycles. The van der Waals surface area contributed by atoms with Crippen molar-refractivity contribution in [1.29, 1.82) is 0 Å². The molecule has 0 spiro atoms. The van der Waals surface area contributed by atoms with Gasteiger partial charge >= 0.3 is 0 Å². The molecule has 2 rings (SSSR count). The van der Waals surface area contributed by atoms with E-state index in [1.807, 2.05) is 11.8 Å². The maximum atomic E-state index is 12.1. The van der Waals surface area contributed by atoms with Crippen molar-refractivity contribution >= 4 is 30.1 Å². The molecule has 0 saturated carbocycles. The molecular weight excluding hydrogens is 256 g/mol. The van der Waals surface area contributed by atoms with Crippen molar-refractivity contribution in [2.45, 2.75) is 26.2 Å². The van der Waals surface area contributed by atoms with Gasteiger partial charge in [-0.15, -0.1) is 12.4 Å². The minimum Gasteiger partial charge on any atom is -0.355 e. The number of carbonyl (C=O) groups excluding carboxylic acids is 1. The van der Waals surface area contributed by atoms with Crippen molar-refractivity contribution in [2.24, 2.45) is 11.3 Å². The molecule has 2 fully saturated rings. The minimum absolute atomic E-state index is 0. The fourth-order valence-electron chi connectivity index (χ4n) is 2.41. The zero-order valence-electron chi connectivity index (χ0n) is 10.5. The SMILES string of the molecule is CC1(C(=O)NCC2CCSCC2)CCNC1.Cl. The smallest absolute Gasteiger partial charge is 0.227 e. The highest BCUT2D eigenvalue weighted by Crippen LogP contribution is 2.25. The van der Waals surface area contributed by atoms with Gasteiger partial charge in [-0.3, -0.25) is 4.79 Å². The standard InChI is InChI=1S/C12H22N2OS.ClH/c1-12(4-5-13-9-12)11(15)14-8-10-2-6-16-7-3-10;/h10,13H,2-9H2,1H3,(H,14,15);1H. The van der Waals surface area contributed by atoms with Gasteiger partial charge in [0, 0.05) is 13.1 Å². The quantitative estimate of drug-likeness (QED) is 0.825. The monoisotopic (exact) mass is 278 g/mol. The second-order valence-electron chi connectivity index (χ2n) is 5.25. The van der Waals surface area contributed by atoms with Crippen LogP contribution in [0.15, 0.2) is 0 Å². The van der Waals surface area contributed by atoms with Crippen molar-refractivity contribution in [3.8, 4) is 0 Å². The van der Waals surface area contributed by atoms with E-state index in [-0.39, 0.29) is 23.7 Å². The van der Waals surface area contributed by atoms with Gasteiger partial charge in [-0.1, -0.05) is 0 Å². The van der Waals surface area contributed by atoms with Crippen LogP contribution in [0.25, 0.3) is 0 Å². The molecule has 0 aromatic rings. The highest BCUT2D eigenvalue weighted by Gasteiger charge is 2.36. The van der Waals surface area contributed by atoms with Gasteiger partial charge in [-0.05, 0) is 50.2 Å². The Morgan fingerprint density at radius 2 is 2.18 bits per heavy atom. The predicted octanol–water partition coefficient (Wildman–Crippen LogP) is 1.67. The lowest BCUT2D eigenvalue weighted by atomic mass is 9.88. The average Bonchev–Trinajstić information content (AvgIpc) is 2.76. The average molecular weight is 279 g/mol. The lowest BCUT2D eigenvalue weighted by Gasteiger charge is -2.25. The van der Waals surface area contributed by atoms with Crippen LogP contribution in [-0.2, 0) is 4.79 Å². The number of hydrogen-bond acceptors (Lipinski definition) is 3. The summed E-state index contributed by atoms with van der Waals surface area (Å²) in [5.41, 5.74) is -0.163. The molecular formula is C12H23ClN2OS. The van der Waals surface area contributed by atoms with E-state index < -0.39 is 0 Å². The largest absolute Gasteiger partial charge is 0.355 e. The molecule has 2 saturated heterocycles. The first-order valence-corrected chi connectivity index (χ1v) is 7.43. The maximum Gasteiger partial charge on any atom is 0.227 e. The number of carbonyl (C=O) groups is 1. The summed E-state index contributed by atoms with van der Waals surface area (Å²) in [5, 5.41) is 6.41. The van der Waals surface area contributed by atoms with Crippen molar-refractivity contribution in [2.75, 3.05) is 31.1 Å². The number of nitrogens with one attached hydrogen (secondary N) is 2. The third-order valence-electron chi connectivity index (χ3n) is 3.81. The topological polar surface area (TPSA) is 41.1 Å². The molecule has 2 N–H and O–H groups in total. The molecule has 5 heteroatoms. The Morgan fingerprint density at radius 1 is 1.47 bits per heavy atom. The molecule has 1 atom stereocenters. The van der Waals surface area contributed by atoms with Gasteiger partial charge in [-0.25, -0.2) is 0 Å². The molecule has 1 amide bonds. The minimum atomic E-state index is -0.163. The van der Waals surface area contributed by atoms with E-state index in [9.17, 15) is 4.79 Å². The van der Waals surface area contributed by atoms with Gasteiger partial charge in [0.15, 0.2) is 0 Å². The zero-order chi connectivity index (χ0) is 11.4. The normalized spacial score (nSPS) is 29.7. The molecule has 0 aliphatic carbocycles. The summed E-state index contributed by atoms with van der Waals surface area (Å²) in [6.45, 7) is 4.76. The third-order valence-corrected chi connectivity index (χ3v) is 4.86. The van der Waals surface area contributed by atoms with Crippen LogP contribution in [0.2, 0.25) is 0 Å². The predicted molar refractivity (Wildman–Crippen MR) is 75.9 cm³/mol. The number of halogens is 1. The fraction of sp³-hybridized carbons (Fsp3) is 0.917. The van der Waals surface area contributed by atoms with Gasteiger partial charge in [0.05, 0.1) is 5.41 Å². The lowest BCUT2D eigenvalue weighted by molar-refractivity contribution is -0.129. The second kappa shape index (κ2) is 6.86. The van der Waals surface area contributed by atoms with Crippen LogP contribution < -0.4 is 10.6 Å². The Hall–Kier alpha value is 0.0700. The molecule has 100 valence electrons. The van der Waals surface area contributed by atoms with E-state index in [2.05, 4.69) is 17.6 Å². The molecule has 2 aliphatic heterocycles. The summed E-state index contributed by atoms with van der Waals surface area (Å²) in [4.78, 5) is 12.1. The second-order valence-corrected chi connectivity index (χ2v) is 6.48.